The van der Waals surface area contributed by atoms with Crippen molar-refractivity contribution in [1.82, 2.24) is 5.43 Å². The largest absolute Gasteiger partial charge is 0.493 e. The molecule has 0 radical (unpaired) electrons. The minimum atomic E-state index is -0.550. The van der Waals surface area contributed by atoms with E-state index >= 15 is 0 Å². The fourth-order valence-corrected chi connectivity index (χ4v) is 4.07. The summed E-state index contributed by atoms with van der Waals surface area (Å²) < 4.78 is 11.1. The minimum Gasteiger partial charge on any atom is -0.493 e. The first-order chi connectivity index (χ1) is 17.9. The number of hydrogen-bond donors (Lipinski definition) is 3. The van der Waals surface area contributed by atoms with Crippen LogP contribution in [0.3, 0.4) is 0 Å². The van der Waals surface area contributed by atoms with Crippen LogP contribution in [0.15, 0.2) is 66.7 Å². The van der Waals surface area contributed by atoms with E-state index in [-0.39, 0.29) is 43.0 Å². The monoisotopic (exact) mass is 522 g/mol. The maximum absolute atomic E-state index is 12.9. The second-order valence-electron chi connectivity index (χ2n) is 8.48. The number of nitrogens with one attached hydrogen (secondary N) is 3. The lowest BCUT2D eigenvalue weighted by Crippen LogP contribution is -2.36. The standard InChI is InChI=1S/C27H27ClN4O5/c1-17-6-3-4-7-21(17)29-24(33)16-37-26-22(8-5-9-23(26)36-2)30-31-27(35)18-14-25(34)32(15-18)20-12-10-19(28)11-13-20/h3-13,18,30H,14-16H2,1-2H3,(H,29,33)(H,31,35)/t18-/m1/s1. The zero-order valence-electron chi connectivity index (χ0n) is 20.4. The molecule has 192 valence electrons. The second-order valence-corrected chi connectivity index (χ2v) is 8.92. The fourth-order valence-electron chi connectivity index (χ4n) is 3.95. The molecule has 0 saturated carbocycles. The van der Waals surface area contributed by atoms with Gasteiger partial charge in [0.1, 0.15) is 0 Å². The average Bonchev–Trinajstić information content (AvgIpc) is 3.29. The van der Waals surface area contributed by atoms with Crippen molar-refractivity contribution in [1.29, 1.82) is 0 Å². The van der Waals surface area contributed by atoms with Gasteiger partial charge in [-0.05, 0) is 55.0 Å². The van der Waals surface area contributed by atoms with Crippen LogP contribution in [-0.4, -0.2) is 38.0 Å². The second kappa shape index (κ2) is 11.7. The third-order valence-corrected chi connectivity index (χ3v) is 6.17. The van der Waals surface area contributed by atoms with Gasteiger partial charge in [-0.3, -0.25) is 25.2 Å². The maximum Gasteiger partial charge on any atom is 0.262 e. The summed E-state index contributed by atoms with van der Waals surface area (Å²) in [7, 11) is 1.48. The van der Waals surface area contributed by atoms with E-state index in [1.807, 2.05) is 25.1 Å². The van der Waals surface area contributed by atoms with Crippen LogP contribution in [0.4, 0.5) is 17.1 Å². The molecule has 10 heteroatoms. The summed E-state index contributed by atoms with van der Waals surface area (Å²) in [5.41, 5.74) is 8.19. The van der Waals surface area contributed by atoms with Crippen LogP contribution in [0.25, 0.3) is 0 Å². The lowest BCUT2D eigenvalue weighted by atomic mass is 10.1. The number of nitrogens with zero attached hydrogens (tertiary/aromatic N) is 1. The summed E-state index contributed by atoms with van der Waals surface area (Å²) in [6.45, 7) is 1.87. The lowest BCUT2D eigenvalue weighted by Gasteiger charge is -2.18. The van der Waals surface area contributed by atoms with E-state index in [4.69, 9.17) is 21.1 Å². The van der Waals surface area contributed by atoms with Crippen LogP contribution >= 0.6 is 11.6 Å². The van der Waals surface area contributed by atoms with Gasteiger partial charge in [0, 0.05) is 29.4 Å². The molecule has 0 aliphatic carbocycles. The van der Waals surface area contributed by atoms with Crippen molar-refractivity contribution in [3.8, 4) is 11.5 Å². The summed E-state index contributed by atoms with van der Waals surface area (Å²) in [5, 5.41) is 3.38. The van der Waals surface area contributed by atoms with E-state index < -0.39 is 5.92 Å². The highest BCUT2D eigenvalue weighted by Gasteiger charge is 2.35. The van der Waals surface area contributed by atoms with Crippen LogP contribution in [0.2, 0.25) is 5.02 Å². The van der Waals surface area contributed by atoms with E-state index in [1.54, 1.807) is 53.4 Å². The summed E-state index contributed by atoms with van der Waals surface area (Å²) in [6.07, 6.45) is 0.0800. The molecule has 0 unspecified atom stereocenters. The van der Waals surface area contributed by atoms with Gasteiger partial charge < -0.3 is 19.7 Å². The molecule has 3 amide bonds. The van der Waals surface area contributed by atoms with Crippen LogP contribution in [0.5, 0.6) is 11.5 Å². The van der Waals surface area contributed by atoms with Crippen molar-refractivity contribution >= 4 is 46.4 Å². The third kappa shape index (κ3) is 6.31. The van der Waals surface area contributed by atoms with Gasteiger partial charge in [-0.2, -0.15) is 0 Å². The Morgan fingerprint density at radius 1 is 1.03 bits per heavy atom. The number of carbonyl (C=O) groups is 3. The Hall–Kier alpha value is -4.24. The highest BCUT2D eigenvalue weighted by atomic mass is 35.5. The van der Waals surface area contributed by atoms with E-state index in [0.29, 0.717) is 27.8 Å². The summed E-state index contributed by atoms with van der Waals surface area (Å²) >= 11 is 5.93. The van der Waals surface area contributed by atoms with Gasteiger partial charge >= 0.3 is 0 Å². The number of para-hydroxylation sites is 2. The number of halogens is 1. The highest BCUT2D eigenvalue weighted by Crippen LogP contribution is 2.35. The molecule has 3 aromatic rings. The Bertz CT molecular complexity index is 1300. The average molecular weight is 523 g/mol. The SMILES string of the molecule is COc1cccc(NNC(=O)[C@@H]2CC(=O)N(c3ccc(Cl)cc3)C2)c1OCC(=O)Nc1ccccc1C. The van der Waals surface area contributed by atoms with Crippen molar-refractivity contribution in [2.24, 2.45) is 5.92 Å². The number of anilines is 3. The maximum atomic E-state index is 12.9. The molecule has 4 rings (SSSR count). The van der Waals surface area contributed by atoms with Crippen LogP contribution < -0.4 is 30.5 Å². The Balaban J connectivity index is 1.37. The minimum absolute atomic E-state index is 0.0800. The number of hydrogen-bond acceptors (Lipinski definition) is 6. The predicted octanol–water partition coefficient (Wildman–Crippen LogP) is 4.17. The molecule has 0 aromatic heterocycles. The van der Waals surface area contributed by atoms with Gasteiger partial charge in [0.2, 0.25) is 11.8 Å². The summed E-state index contributed by atoms with van der Waals surface area (Å²) in [5.74, 6) is -0.751. The van der Waals surface area contributed by atoms with Gasteiger partial charge in [-0.1, -0.05) is 35.9 Å². The zero-order chi connectivity index (χ0) is 26.4. The number of amides is 3. The molecule has 3 aromatic carbocycles. The van der Waals surface area contributed by atoms with E-state index in [9.17, 15) is 14.4 Å². The number of aryl methyl sites for hydroxylation is 1. The molecule has 1 atom stereocenters. The van der Waals surface area contributed by atoms with E-state index in [0.717, 1.165) is 5.56 Å². The van der Waals surface area contributed by atoms with Gasteiger partial charge in [-0.25, -0.2) is 0 Å². The molecule has 1 saturated heterocycles. The summed E-state index contributed by atoms with van der Waals surface area (Å²) in [4.78, 5) is 39.4. The zero-order valence-corrected chi connectivity index (χ0v) is 21.2. The highest BCUT2D eigenvalue weighted by molar-refractivity contribution is 6.30. The van der Waals surface area contributed by atoms with Crippen molar-refractivity contribution < 1.29 is 23.9 Å². The van der Waals surface area contributed by atoms with Crippen LogP contribution in [0, 0.1) is 12.8 Å². The molecule has 1 fully saturated rings. The van der Waals surface area contributed by atoms with Gasteiger partial charge in [-0.15, -0.1) is 0 Å². The van der Waals surface area contributed by atoms with E-state index in [1.165, 1.54) is 7.11 Å². The third-order valence-electron chi connectivity index (χ3n) is 5.92. The first kappa shape index (κ1) is 25.8. The number of methoxy groups -OCH3 is 1. The molecule has 1 aliphatic heterocycles. The topological polar surface area (TPSA) is 109 Å². The fraction of sp³-hybridized carbons (Fsp3) is 0.222. The smallest absolute Gasteiger partial charge is 0.262 e. The predicted molar refractivity (Wildman–Crippen MR) is 142 cm³/mol. The quantitative estimate of drug-likeness (QED) is 0.364. The Morgan fingerprint density at radius 3 is 2.49 bits per heavy atom. The normalized spacial score (nSPS) is 14.7. The molecule has 9 nitrogen and oxygen atoms in total. The van der Waals surface area contributed by atoms with Crippen molar-refractivity contribution in [3.63, 3.8) is 0 Å². The molecule has 0 spiro atoms. The molecular weight excluding hydrogens is 496 g/mol. The number of hydrazine groups is 1. The van der Waals surface area contributed by atoms with Crippen molar-refractivity contribution in [2.75, 3.05) is 35.9 Å². The number of benzene rings is 3. The number of carbonyl (C=O) groups excluding carboxylic acids is 3. The van der Waals surface area contributed by atoms with Gasteiger partial charge in [0.15, 0.2) is 18.1 Å². The molecule has 37 heavy (non-hydrogen) atoms. The molecular formula is C27H27ClN4O5. The number of ether oxygens (including phenoxy) is 2. The Morgan fingerprint density at radius 2 is 1.76 bits per heavy atom. The first-order valence-corrected chi connectivity index (χ1v) is 12.0. The van der Waals surface area contributed by atoms with Gasteiger partial charge in [0.25, 0.3) is 5.91 Å². The molecule has 1 aliphatic rings. The lowest BCUT2D eigenvalue weighted by molar-refractivity contribution is -0.125. The summed E-state index contributed by atoms with van der Waals surface area (Å²) in [6, 6.07) is 19.4. The van der Waals surface area contributed by atoms with Crippen molar-refractivity contribution in [3.05, 3.63) is 77.3 Å². The molecule has 1 heterocycles. The molecule has 3 N–H and O–H groups in total. The van der Waals surface area contributed by atoms with Crippen LogP contribution in [0.1, 0.15) is 12.0 Å². The Kier molecular flexibility index (Phi) is 8.15. The van der Waals surface area contributed by atoms with Crippen molar-refractivity contribution in [2.45, 2.75) is 13.3 Å². The van der Waals surface area contributed by atoms with E-state index in [2.05, 4.69) is 16.2 Å². The molecule has 0 bridgehead atoms. The first-order valence-electron chi connectivity index (χ1n) is 11.6. The van der Waals surface area contributed by atoms with Crippen LogP contribution in [-0.2, 0) is 14.4 Å². The van der Waals surface area contributed by atoms with Gasteiger partial charge in [0.05, 0.1) is 18.7 Å². The number of rotatable bonds is 9. The Labute approximate surface area is 219 Å².